The van der Waals surface area contributed by atoms with Crippen molar-refractivity contribution in [3.05, 3.63) is 69.5 Å². The van der Waals surface area contributed by atoms with Gasteiger partial charge in [0, 0.05) is 16.1 Å². The Labute approximate surface area is 135 Å². The molecule has 0 aliphatic carbocycles. The fraction of sp³-hybridized carbons (Fsp3) is 0.0667. The Morgan fingerprint density at radius 2 is 1.82 bits per heavy atom. The number of hydrogen-bond acceptors (Lipinski definition) is 3. The molecular weight excluding hydrogens is 332 g/mol. The van der Waals surface area contributed by atoms with E-state index in [4.69, 9.17) is 23.2 Å². The van der Waals surface area contributed by atoms with Gasteiger partial charge < -0.3 is 10.4 Å². The monoisotopic (exact) mass is 341 g/mol. The van der Waals surface area contributed by atoms with E-state index >= 15 is 0 Å². The van der Waals surface area contributed by atoms with Crippen molar-refractivity contribution in [3.63, 3.8) is 0 Å². The van der Waals surface area contributed by atoms with E-state index in [1.165, 1.54) is 24.3 Å². The van der Waals surface area contributed by atoms with E-state index in [1.807, 2.05) is 0 Å². The Balaban J connectivity index is 2.11. The second-order valence-corrected chi connectivity index (χ2v) is 5.22. The highest BCUT2D eigenvalue weighted by Gasteiger charge is 2.21. The van der Waals surface area contributed by atoms with Crippen LogP contribution in [0, 0.1) is 5.82 Å². The quantitative estimate of drug-likeness (QED) is 0.663. The molecule has 0 radical (unpaired) electrons. The van der Waals surface area contributed by atoms with E-state index < -0.39 is 23.7 Å². The summed E-state index contributed by atoms with van der Waals surface area (Å²) >= 11 is 11.3. The molecule has 1 unspecified atom stereocenters. The maximum absolute atomic E-state index is 13.3. The molecule has 2 N–H and O–H groups in total. The van der Waals surface area contributed by atoms with Crippen molar-refractivity contribution in [2.45, 2.75) is 6.23 Å². The maximum atomic E-state index is 13.3. The number of ketones is 1. The van der Waals surface area contributed by atoms with Gasteiger partial charge in [-0.3, -0.25) is 9.59 Å². The summed E-state index contributed by atoms with van der Waals surface area (Å²) in [5.74, 6) is -2.33. The predicted octanol–water partition coefficient (Wildman–Crippen LogP) is 3.06. The van der Waals surface area contributed by atoms with E-state index in [2.05, 4.69) is 5.32 Å². The SMILES string of the molecule is O=C(NC(O)C(=O)c1ccc(Cl)c(F)c1)c1cccc(Cl)c1. The third-order valence-corrected chi connectivity index (χ3v) is 3.35. The minimum atomic E-state index is -1.81. The molecule has 0 bridgehead atoms. The molecule has 2 aromatic rings. The van der Waals surface area contributed by atoms with Crippen LogP contribution in [0.2, 0.25) is 10.0 Å². The number of aliphatic hydroxyl groups excluding tert-OH is 1. The zero-order valence-corrected chi connectivity index (χ0v) is 12.5. The van der Waals surface area contributed by atoms with Gasteiger partial charge in [-0.25, -0.2) is 4.39 Å². The van der Waals surface area contributed by atoms with Crippen LogP contribution in [-0.2, 0) is 0 Å². The first-order chi connectivity index (χ1) is 10.4. The number of rotatable bonds is 4. The normalized spacial score (nSPS) is 11.8. The first-order valence-corrected chi connectivity index (χ1v) is 6.88. The van der Waals surface area contributed by atoms with Crippen molar-refractivity contribution < 1.29 is 19.1 Å². The van der Waals surface area contributed by atoms with Crippen LogP contribution in [0.4, 0.5) is 4.39 Å². The maximum Gasteiger partial charge on any atom is 0.253 e. The Kier molecular flexibility index (Phi) is 5.13. The number of Topliss-reactive ketones (excluding diaryl/α,β-unsaturated/α-hetero) is 1. The van der Waals surface area contributed by atoms with Crippen LogP contribution in [-0.4, -0.2) is 23.0 Å². The molecule has 0 aromatic heterocycles. The molecule has 2 rings (SSSR count). The van der Waals surface area contributed by atoms with Crippen LogP contribution >= 0.6 is 23.2 Å². The summed E-state index contributed by atoms with van der Waals surface area (Å²) in [7, 11) is 0. The van der Waals surface area contributed by atoms with E-state index in [0.717, 1.165) is 6.07 Å². The topological polar surface area (TPSA) is 66.4 Å². The van der Waals surface area contributed by atoms with Crippen LogP contribution in [0.3, 0.4) is 0 Å². The summed E-state index contributed by atoms with van der Waals surface area (Å²) in [5, 5.41) is 12.1. The summed E-state index contributed by atoms with van der Waals surface area (Å²) in [5.41, 5.74) is 0.0717. The highest BCUT2D eigenvalue weighted by molar-refractivity contribution is 6.31. The Bertz CT molecular complexity index is 736. The number of carbonyl (C=O) groups is 2. The van der Waals surface area contributed by atoms with Crippen molar-refractivity contribution in [1.29, 1.82) is 0 Å². The van der Waals surface area contributed by atoms with E-state index in [0.29, 0.717) is 5.02 Å². The van der Waals surface area contributed by atoms with E-state index in [-0.39, 0.29) is 16.1 Å². The van der Waals surface area contributed by atoms with Crippen molar-refractivity contribution in [2.24, 2.45) is 0 Å². The summed E-state index contributed by atoms with van der Waals surface area (Å²) in [6.45, 7) is 0. The Morgan fingerprint density at radius 3 is 2.45 bits per heavy atom. The summed E-state index contributed by atoms with van der Waals surface area (Å²) in [6, 6.07) is 9.32. The molecule has 0 heterocycles. The molecule has 1 amide bonds. The lowest BCUT2D eigenvalue weighted by Crippen LogP contribution is -2.40. The molecule has 0 spiro atoms. The lowest BCUT2D eigenvalue weighted by atomic mass is 10.1. The van der Waals surface area contributed by atoms with Crippen LogP contribution in [0.1, 0.15) is 20.7 Å². The molecule has 2 aromatic carbocycles. The predicted molar refractivity (Wildman–Crippen MR) is 80.7 cm³/mol. The van der Waals surface area contributed by atoms with Gasteiger partial charge in [-0.2, -0.15) is 0 Å². The highest BCUT2D eigenvalue weighted by Crippen LogP contribution is 2.16. The van der Waals surface area contributed by atoms with Crippen LogP contribution in [0.25, 0.3) is 0 Å². The molecule has 0 aliphatic heterocycles. The number of halogens is 3. The smallest absolute Gasteiger partial charge is 0.253 e. The minimum absolute atomic E-state index is 0.110. The lowest BCUT2D eigenvalue weighted by Gasteiger charge is -2.12. The standard InChI is InChI=1S/C15H10Cl2FNO3/c16-10-3-1-2-9(6-10)14(21)19-15(22)13(20)8-4-5-11(17)12(18)7-8/h1-7,15,22H,(H,19,21). The number of carbonyl (C=O) groups excluding carboxylic acids is 2. The van der Waals surface area contributed by atoms with Crippen LogP contribution in [0.5, 0.6) is 0 Å². The molecule has 0 saturated carbocycles. The molecule has 0 saturated heterocycles. The Hall–Kier alpha value is -1.95. The molecular formula is C15H10Cl2FNO3. The number of amides is 1. The van der Waals surface area contributed by atoms with Crippen molar-refractivity contribution in [2.75, 3.05) is 0 Å². The fourth-order valence-electron chi connectivity index (χ4n) is 1.71. The van der Waals surface area contributed by atoms with Gasteiger partial charge in [0.1, 0.15) is 5.82 Å². The van der Waals surface area contributed by atoms with Crippen LogP contribution < -0.4 is 5.32 Å². The van der Waals surface area contributed by atoms with Gasteiger partial charge in [0.05, 0.1) is 5.02 Å². The highest BCUT2D eigenvalue weighted by atomic mass is 35.5. The lowest BCUT2D eigenvalue weighted by molar-refractivity contribution is 0.0607. The fourth-order valence-corrected chi connectivity index (χ4v) is 2.02. The largest absolute Gasteiger partial charge is 0.367 e. The number of aliphatic hydroxyl groups is 1. The Morgan fingerprint density at radius 1 is 1.09 bits per heavy atom. The molecule has 7 heteroatoms. The number of benzene rings is 2. The second kappa shape index (κ2) is 6.87. The molecule has 0 aliphatic rings. The summed E-state index contributed by atoms with van der Waals surface area (Å²) in [6.07, 6.45) is -1.81. The van der Waals surface area contributed by atoms with Gasteiger partial charge in [0.15, 0.2) is 6.23 Å². The summed E-state index contributed by atoms with van der Waals surface area (Å²) in [4.78, 5) is 23.8. The molecule has 22 heavy (non-hydrogen) atoms. The van der Waals surface area contributed by atoms with E-state index in [1.54, 1.807) is 12.1 Å². The number of nitrogens with one attached hydrogen (secondary N) is 1. The molecule has 0 fully saturated rings. The molecule has 4 nitrogen and oxygen atoms in total. The van der Waals surface area contributed by atoms with Crippen LogP contribution in [0.15, 0.2) is 42.5 Å². The first kappa shape index (κ1) is 16.4. The third-order valence-electron chi connectivity index (χ3n) is 2.81. The second-order valence-electron chi connectivity index (χ2n) is 4.38. The zero-order valence-electron chi connectivity index (χ0n) is 11.0. The van der Waals surface area contributed by atoms with Gasteiger partial charge >= 0.3 is 0 Å². The summed E-state index contributed by atoms with van der Waals surface area (Å²) < 4.78 is 13.3. The van der Waals surface area contributed by atoms with Crippen molar-refractivity contribution in [3.8, 4) is 0 Å². The average Bonchev–Trinajstić information content (AvgIpc) is 2.49. The van der Waals surface area contributed by atoms with Gasteiger partial charge in [0.25, 0.3) is 5.91 Å². The van der Waals surface area contributed by atoms with Gasteiger partial charge in [0.2, 0.25) is 5.78 Å². The minimum Gasteiger partial charge on any atom is -0.367 e. The number of hydrogen-bond donors (Lipinski definition) is 2. The van der Waals surface area contributed by atoms with Gasteiger partial charge in [-0.15, -0.1) is 0 Å². The van der Waals surface area contributed by atoms with Gasteiger partial charge in [-0.05, 0) is 36.4 Å². The average molecular weight is 342 g/mol. The first-order valence-electron chi connectivity index (χ1n) is 6.12. The zero-order chi connectivity index (χ0) is 16.3. The van der Waals surface area contributed by atoms with Crippen molar-refractivity contribution in [1.82, 2.24) is 5.32 Å². The van der Waals surface area contributed by atoms with E-state index in [9.17, 15) is 19.1 Å². The molecule has 1 atom stereocenters. The molecule has 114 valence electrons. The van der Waals surface area contributed by atoms with Crippen molar-refractivity contribution >= 4 is 34.9 Å². The van der Waals surface area contributed by atoms with Gasteiger partial charge in [-0.1, -0.05) is 29.3 Å². The third kappa shape index (κ3) is 3.82.